The molecule has 118 valence electrons. The van der Waals surface area contributed by atoms with Crippen LogP contribution in [-0.2, 0) is 10.0 Å². The first kappa shape index (κ1) is 14.3. The van der Waals surface area contributed by atoms with Gasteiger partial charge in [0.05, 0.1) is 4.90 Å². The van der Waals surface area contributed by atoms with Gasteiger partial charge >= 0.3 is 0 Å². The molecular weight excluding hydrogens is 294 g/mol. The number of hydrogen-bond acceptors (Lipinski definition) is 2. The van der Waals surface area contributed by atoms with Crippen LogP contribution in [0.1, 0.15) is 32.3 Å². The maximum absolute atomic E-state index is 12.9. The molecule has 3 nitrogen and oxygen atoms in total. The molecule has 1 aromatic carbocycles. The monoisotopic (exact) mass is 317 g/mol. The highest BCUT2D eigenvalue weighted by molar-refractivity contribution is 7.89. The summed E-state index contributed by atoms with van der Waals surface area (Å²) in [6.07, 6.45) is 6.58. The van der Waals surface area contributed by atoms with E-state index < -0.39 is 10.0 Å². The fraction of sp³-hybridized carbons (Fsp3) is 0.556. The first-order chi connectivity index (χ1) is 10.3. The number of benzene rings is 1. The second-order valence-corrected chi connectivity index (χ2v) is 9.58. The summed E-state index contributed by atoms with van der Waals surface area (Å²) in [5, 5.41) is 0. The van der Waals surface area contributed by atoms with Crippen molar-refractivity contribution in [2.45, 2.75) is 38.5 Å². The van der Waals surface area contributed by atoms with E-state index >= 15 is 0 Å². The lowest BCUT2D eigenvalue weighted by molar-refractivity contribution is 0.330. The van der Waals surface area contributed by atoms with Gasteiger partial charge in [-0.05, 0) is 54.6 Å². The van der Waals surface area contributed by atoms with Crippen LogP contribution in [0.2, 0.25) is 0 Å². The summed E-state index contributed by atoms with van der Waals surface area (Å²) in [6.45, 7) is 7.13. The van der Waals surface area contributed by atoms with Gasteiger partial charge < -0.3 is 0 Å². The number of hydrogen-bond donors (Lipinski definition) is 0. The van der Waals surface area contributed by atoms with Crippen LogP contribution in [0.3, 0.4) is 0 Å². The van der Waals surface area contributed by atoms with E-state index in [1.165, 1.54) is 12.8 Å². The normalized spacial score (nSPS) is 37.0. The van der Waals surface area contributed by atoms with Gasteiger partial charge in [0.25, 0.3) is 10.0 Å². The highest BCUT2D eigenvalue weighted by Gasteiger charge is 2.74. The number of allylic oxidation sites excluding steroid dienone is 1. The molecule has 2 fully saturated rings. The lowest BCUT2D eigenvalue weighted by Gasteiger charge is -2.30. The molecule has 4 rings (SSSR count). The van der Waals surface area contributed by atoms with Crippen molar-refractivity contribution in [3.8, 4) is 0 Å². The molecule has 0 radical (unpaired) electrons. The van der Waals surface area contributed by atoms with Gasteiger partial charge in [0, 0.05) is 12.7 Å². The van der Waals surface area contributed by atoms with E-state index in [1.54, 1.807) is 22.6 Å². The molecule has 1 heterocycles. The molecule has 0 bridgehead atoms. The second kappa shape index (κ2) is 4.16. The number of aryl methyl sites for hydroxylation is 1. The molecule has 0 amide bonds. The SMILES string of the molecule is Cc1ccc(S(=O)(=O)N2C=CC3(C)C(C4CC4)C3(C)C2)cc1. The Bertz CT molecular complexity index is 748. The summed E-state index contributed by atoms with van der Waals surface area (Å²) in [5.41, 5.74) is 1.36. The Morgan fingerprint density at radius 1 is 1.14 bits per heavy atom. The molecule has 1 aromatic rings. The molecule has 0 aromatic heterocycles. The summed E-state index contributed by atoms with van der Waals surface area (Å²) in [7, 11) is -3.43. The Morgan fingerprint density at radius 3 is 2.36 bits per heavy atom. The van der Waals surface area contributed by atoms with E-state index in [9.17, 15) is 8.42 Å². The molecule has 4 heteroatoms. The summed E-state index contributed by atoms with van der Waals surface area (Å²) in [6, 6.07) is 7.13. The van der Waals surface area contributed by atoms with Gasteiger partial charge in [-0.25, -0.2) is 8.42 Å². The summed E-state index contributed by atoms with van der Waals surface area (Å²) in [4.78, 5) is 0.388. The zero-order chi connectivity index (χ0) is 15.8. The van der Waals surface area contributed by atoms with Gasteiger partial charge in [0.1, 0.15) is 0 Å². The quantitative estimate of drug-likeness (QED) is 0.855. The van der Waals surface area contributed by atoms with Crippen LogP contribution in [0, 0.1) is 29.6 Å². The minimum absolute atomic E-state index is 0.0979. The zero-order valence-corrected chi connectivity index (χ0v) is 14.2. The minimum Gasteiger partial charge on any atom is -0.273 e. The van der Waals surface area contributed by atoms with Crippen LogP contribution in [0.4, 0.5) is 0 Å². The van der Waals surface area contributed by atoms with Crippen molar-refractivity contribution in [1.82, 2.24) is 4.31 Å². The van der Waals surface area contributed by atoms with Crippen molar-refractivity contribution >= 4 is 10.0 Å². The first-order valence-electron chi connectivity index (χ1n) is 8.07. The van der Waals surface area contributed by atoms with Crippen molar-refractivity contribution in [2.24, 2.45) is 22.7 Å². The lowest BCUT2D eigenvalue weighted by atomic mass is 9.94. The van der Waals surface area contributed by atoms with Crippen LogP contribution in [0.15, 0.2) is 41.4 Å². The third kappa shape index (κ3) is 1.76. The number of sulfonamides is 1. The fourth-order valence-corrected chi connectivity index (χ4v) is 5.98. The summed E-state index contributed by atoms with van der Waals surface area (Å²) in [5.74, 6) is 1.45. The van der Waals surface area contributed by atoms with E-state index in [4.69, 9.17) is 0 Å². The van der Waals surface area contributed by atoms with Crippen LogP contribution >= 0.6 is 0 Å². The smallest absolute Gasteiger partial charge is 0.263 e. The fourth-order valence-electron chi connectivity index (χ4n) is 4.57. The lowest BCUT2D eigenvalue weighted by Crippen LogP contribution is -2.35. The highest BCUT2D eigenvalue weighted by Crippen LogP contribution is 2.77. The van der Waals surface area contributed by atoms with E-state index in [1.807, 2.05) is 19.1 Å². The van der Waals surface area contributed by atoms with Crippen molar-refractivity contribution in [3.63, 3.8) is 0 Å². The Labute approximate surface area is 133 Å². The van der Waals surface area contributed by atoms with Crippen LogP contribution < -0.4 is 0 Å². The number of nitrogens with zero attached hydrogens (tertiary/aromatic N) is 1. The molecule has 0 saturated heterocycles. The van der Waals surface area contributed by atoms with Crippen molar-refractivity contribution in [3.05, 3.63) is 42.1 Å². The second-order valence-electron chi connectivity index (χ2n) is 7.69. The van der Waals surface area contributed by atoms with E-state index in [0.717, 1.165) is 11.5 Å². The van der Waals surface area contributed by atoms with Gasteiger partial charge in [0.2, 0.25) is 0 Å². The molecular formula is C18H23NO2S. The van der Waals surface area contributed by atoms with Crippen LogP contribution in [0.5, 0.6) is 0 Å². The third-order valence-electron chi connectivity index (χ3n) is 6.27. The first-order valence-corrected chi connectivity index (χ1v) is 9.51. The minimum atomic E-state index is -3.43. The van der Waals surface area contributed by atoms with E-state index in [0.29, 0.717) is 17.4 Å². The van der Waals surface area contributed by atoms with Crippen LogP contribution in [-0.4, -0.2) is 19.3 Å². The number of rotatable bonds is 3. The van der Waals surface area contributed by atoms with Crippen molar-refractivity contribution < 1.29 is 8.42 Å². The molecule has 3 unspecified atom stereocenters. The summed E-state index contributed by atoms with van der Waals surface area (Å²) >= 11 is 0. The molecule has 2 saturated carbocycles. The van der Waals surface area contributed by atoms with Crippen LogP contribution in [0.25, 0.3) is 0 Å². The predicted molar refractivity (Wildman–Crippen MR) is 86.6 cm³/mol. The average Bonchev–Trinajstić information content (AvgIpc) is 3.33. The van der Waals surface area contributed by atoms with Gasteiger partial charge in [-0.2, -0.15) is 0 Å². The van der Waals surface area contributed by atoms with Crippen molar-refractivity contribution in [2.75, 3.05) is 6.54 Å². The summed E-state index contributed by atoms with van der Waals surface area (Å²) < 4.78 is 27.3. The van der Waals surface area contributed by atoms with E-state index in [2.05, 4.69) is 19.9 Å². The predicted octanol–water partition coefficient (Wildman–Crippen LogP) is 3.57. The third-order valence-corrected chi connectivity index (χ3v) is 8.01. The average molecular weight is 317 g/mol. The van der Waals surface area contributed by atoms with Gasteiger partial charge in [0.15, 0.2) is 0 Å². The van der Waals surface area contributed by atoms with Gasteiger partial charge in [-0.3, -0.25) is 4.31 Å². The molecule has 3 atom stereocenters. The Kier molecular flexibility index (Phi) is 2.71. The van der Waals surface area contributed by atoms with Crippen molar-refractivity contribution in [1.29, 1.82) is 0 Å². The topological polar surface area (TPSA) is 37.4 Å². The largest absolute Gasteiger partial charge is 0.273 e. The molecule has 0 N–H and O–H groups in total. The van der Waals surface area contributed by atoms with Gasteiger partial charge in [-0.15, -0.1) is 0 Å². The Hall–Kier alpha value is -1.29. The van der Waals surface area contributed by atoms with E-state index in [-0.39, 0.29) is 10.8 Å². The number of fused-ring (bicyclic) bond motifs is 1. The Balaban J connectivity index is 1.65. The maximum Gasteiger partial charge on any atom is 0.263 e. The molecule has 2 aliphatic carbocycles. The highest BCUT2D eigenvalue weighted by atomic mass is 32.2. The molecule has 0 spiro atoms. The molecule has 3 aliphatic rings. The Morgan fingerprint density at radius 2 is 1.77 bits per heavy atom. The molecule has 22 heavy (non-hydrogen) atoms. The zero-order valence-electron chi connectivity index (χ0n) is 13.4. The standard InChI is InChI=1S/C18H23NO2S/c1-13-4-8-15(9-5-13)22(20,21)19-11-10-17(2)16(14-6-7-14)18(17,3)12-19/h4-5,8-11,14,16H,6-7,12H2,1-3H3. The maximum atomic E-state index is 12.9. The van der Waals surface area contributed by atoms with Gasteiger partial charge in [-0.1, -0.05) is 37.6 Å². The molecule has 1 aliphatic heterocycles.